The summed E-state index contributed by atoms with van der Waals surface area (Å²) in [5, 5.41) is 5.61. The van der Waals surface area contributed by atoms with Crippen molar-refractivity contribution in [3.63, 3.8) is 0 Å². The van der Waals surface area contributed by atoms with E-state index in [1.165, 1.54) is 11.0 Å². The van der Waals surface area contributed by atoms with E-state index in [-0.39, 0.29) is 17.3 Å². The van der Waals surface area contributed by atoms with Crippen LogP contribution in [0, 0.1) is 0 Å². The standard InChI is InChI=1S/C25H17BrClN3O4S/c26-16-10-11-21(34-14-22(31)28-20-9-5-4-8-19(20)27)15(12-16)13-18-23(32)29-25(35)30(24(18)33)17-6-2-1-3-7-17/h1-13H,14H2,(H,28,31)(H,29,32,35)/b18-13-. The molecule has 3 aromatic carbocycles. The summed E-state index contributed by atoms with van der Waals surface area (Å²) in [5.74, 6) is -1.33. The quantitative estimate of drug-likeness (QED) is 0.249. The smallest absolute Gasteiger partial charge is 0.270 e. The molecule has 0 spiro atoms. The Balaban J connectivity index is 1.58. The number of carbonyl (C=O) groups is 3. The molecule has 0 atom stereocenters. The molecular weight excluding hydrogens is 554 g/mol. The van der Waals surface area contributed by atoms with Crippen molar-refractivity contribution in [2.45, 2.75) is 0 Å². The van der Waals surface area contributed by atoms with Crippen LogP contribution >= 0.6 is 39.7 Å². The van der Waals surface area contributed by atoms with E-state index in [4.69, 9.17) is 28.6 Å². The second kappa shape index (κ2) is 10.8. The van der Waals surface area contributed by atoms with E-state index < -0.39 is 17.7 Å². The summed E-state index contributed by atoms with van der Waals surface area (Å²) in [4.78, 5) is 39.5. The number of halogens is 2. The van der Waals surface area contributed by atoms with Gasteiger partial charge < -0.3 is 10.1 Å². The van der Waals surface area contributed by atoms with Gasteiger partial charge in [-0.2, -0.15) is 0 Å². The lowest BCUT2D eigenvalue weighted by molar-refractivity contribution is -0.122. The predicted molar refractivity (Wildman–Crippen MR) is 142 cm³/mol. The lowest BCUT2D eigenvalue weighted by Gasteiger charge is -2.29. The van der Waals surface area contributed by atoms with Crippen LogP contribution in [0.4, 0.5) is 11.4 Å². The van der Waals surface area contributed by atoms with Crippen molar-refractivity contribution in [1.82, 2.24) is 5.32 Å². The topological polar surface area (TPSA) is 87.7 Å². The van der Waals surface area contributed by atoms with Crippen LogP contribution < -0.4 is 20.3 Å². The molecule has 0 radical (unpaired) electrons. The Hall–Kier alpha value is -3.53. The minimum Gasteiger partial charge on any atom is -0.483 e. The highest BCUT2D eigenvalue weighted by Gasteiger charge is 2.34. The molecule has 0 saturated carbocycles. The number of hydrogen-bond acceptors (Lipinski definition) is 5. The van der Waals surface area contributed by atoms with Crippen molar-refractivity contribution in [3.05, 3.63) is 93.4 Å². The van der Waals surface area contributed by atoms with Crippen molar-refractivity contribution >= 4 is 80.0 Å². The van der Waals surface area contributed by atoms with Gasteiger partial charge in [0.05, 0.1) is 16.4 Å². The molecule has 0 aromatic heterocycles. The van der Waals surface area contributed by atoms with Crippen LogP contribution in [-0.4, -0.2) is 29.4 Å². The number of nitrogens with zero attached hydrogens (tertiary/aromatic N) is 1. The second-order valence-electron chi connectivity index (χ2n) is 7.29. The average Bonchev–Trinajstić information content (AvgIpc) is 2.83. The van der Waals surface area contributed by atoms with Gasteiger partial charge in [0.15, 0.2) is 11.7 Å². The first-order valence-corrected chi connectivity index (χ1v) is 11.8. The number of benzene rings is 3. The van der Waals surface area contributed by atoms with Gasteiger partial charge in [0.2, 0.25) is 0 Å². The van der Waals surface area contributed by atoms with Gasteiger partial charge in [-0.25, -0.2) is 0 Å². The summed E-state index contributed by atoms with van der Waals surface area (Å²) in [6.45, 7) is -0.316. The summed E-state index contributed by atoms with van der Waals surface area (Å²) in [7, 11) is 0. The zero-order valence-corrected chi connectivity index (χ0v) is 21.1. The maximum Gasteiger partial charge on any atom is 0.270 e. The highest BCUT2D eigenvalue weighted by Crippen LogP contribution is 2.28. The Morgan fingerprint density at radius 2 is 1.80 bits per heavy atom. The molecule has 1 aliphatic rings. The summed E-state index contributed by atoms with van der Waals surface area (Å²) in [6, 6.07) is 20.6. The maximum atomic E-state index is 13.2. The highest BCUT2D eigenvalue weighted by molar-refractivity contribution is 9.10. The number of nitrogens with one attached hydrogen (secondary N) is 2. The fourth-order valence-corrected chi connectivity index (χ4v) is 4.12. The molecule has 0 bridgehead atoms. The minimum absolute atomic E-state index is 0.00897. The molecule has 176 valence electrons. The van der Waals surface area contributed by atoms with E-state index in [0.717, 1.165) is 0 Å². The van der Waals surface area contributed by atoms with E-state index in [1.807, 2.05) is 6.07 Å². The third kappa shape index (κ3) is 5.76. The van der Waals surface area contributed by atoms with Crippen molar-refractivity contribution in [2.75, 3.05) is 16.8 Å². The van der Waals surface area contributed by atoms with Gasteiger partial charge in [-0.15, -0.1) is 0 Å². The Bertz CT molecular complexity index is 1360. The van der Waals surface area contributed by atoms with E-state index >= 15 is 0 Å². The van der Waals surface area contributed by atoms with Crippen molar-refractivity contribution in [1.29, 1.82) is 0 Å². The minimum atomic E-state index is -0.630. The maximum absolute atomic E-state index is 13.2. The molecule has 10 heteroatoms. The number of carbonyl (C=O) groups excluding carboxylic acids is 3. The zero-order chi connectivity index (χ0) is 24.9. The van der Waals surface area contributed by atoms with Crippen LogP contribution in [0.2, 0.25) is 5.02 Å². The number of anilines is 2. The molecule has 0 aliphatic carbocycles. The van der Waals surface area contributed by atoms with Gasteiger partial charge >= 0.3 is 0 Å². The average molecular weight is 571 g/mol. The van der Waals surface area contributed by atoms with Crippen LogP contribution in [0.1, 0.15) is 5.56 Å². The van der Waals surface area contributed by atoms with E-state index in [0.29, 0.717) is 32.2 Å². The summed E-state index contributed by atoms with van der Waals surface area (Å²) >= 11 is 14.7. The van der Waals surface area contributed by atoms with Crippen LogP contribution in [0.15, 0.2) is 82.8 Å². The monoisotopic (exact) mass is 569 g/mol. The zero-order valence-electron chi connectivity index (χ0n) is 18.0. The fourth-order valence-electron chi connectivity index (χ4n) is 3.28. The van der Waals surface area contributed by atoms with Crippen LogP contribution in [-0.2, 0) is 14.4 Å². The van der Waals surface area contributed by atoms with Gasteiger partial charge in [0.25, 0.3) is 17.7 Å². The summed E-state index contributed by atoms with van der Waals surface area (Å²) in [6.07, 6.45) is 1.40. The van der Waals surface area contributed by atoms with Gasteiger partial charge in [-0.3, -0.25) is 24.6 Å². The molecule has 1 aliphatic heterocycles. The Kier molecular flexibility index (Phi) is 7.60. The van der Waals surface area contributed by atoms with Crippen LogP contribution in [0.5, 0.6) is 5.75 Å². The number of para-hydroxylation sites is 2. The van der Waals surface area contributed by atoms with Gasteiger partial charge in [-0.05, 0) is 60.8 Å². The van der Waals surface area contributed by atoms with Crippen LogP contribution in [0.3, 0.4) is 0 Å². The van der Waals surface area contributed by atoms with E-state index in [9.17, 15) is 14.4 Å². The van der Waals surface area contributed by atoms with Crippen LogP contribution in [0.25, 0.3) is 6.08 Å². The fraction of sp³-hybridized carbons (Fsp3) is 0.0400. The van der Waals surface area contributed by atoms with Crippen molar-refractivity contribution in [3.8, 4) is 5.75 Å². The highest BCUT2D eigenvalue weighted by atomic mass is 79.9. The molecule has 1 heterocycles. The van der Waals surface area contributed by atoms with Crippen molar-refractivity contribution < 1.29 is 19.1 Å². The molecule has 4 rings (SSSR count). The third-order valence-electron chi connectivity index (χ3n) is 4.89. The molecule has 2 N–H and O–H groups in total. The van der Waals surface area contributed by atoms with E-state index in [1.54, 1.807) is 66.7 Å². The third-order valence-corrected chi connectivity index (χ3v) is 6.00. The Morgan fingerprint density at radius 3 is 2.54 bits per heavy atom. The second-order valence-corrected chi connectivity index (χ2v) is 9.00. The Morgan fingerprint density at radius 1 is 1.09 bits per heavy atom. The molecule has 0 unspecified atom stereocenters. The SMILES string of the molecule is O=C(COc1ccc(Br)cc1/C=C1/C(=O)NC(=S)N(c2ccccc2)C1=O)Nc1ccccc1Cl. The van der Waals surface area contributed by atoms with Gasteiger partial charge in [0, 0.05) is 10.0 Å². The molecular formula is C25H17BrClN3O4S. The number of thiocarbonyl (C=S) groups is 1. The van der Waals surface area contributed by atoms with Gasteiger partial charge in [0.1, 0.15) is 11.3 Å². The van der Waals surface area contributed by atoms with E-state index in [2.05, 4.69) is 26.6 Å². The number of rotatable bonds is 6. The number of ether oxygens (including phenoxy) is 1. The number of hydrogen-bond donors (Lipinski definition) is 2. The first-order valence-electron chi connectivity index (χ1n) is 10.3. The normalized spacial score (nSPS) is 14.6. The lowest BCUT2D eigenvalue weighted by Crippen LogP contribution is -2.54. The first kappa shape index (κ1) is 24.6. The molecule has 1 fully saturated rings. The number of amides is 3. The molecule has 7 nitrogen and oxygen atoms in total. The largest absolute Gasteiger partial charge is 0.483 e. The van der Waals surface area contributed by atoms with Gasteiger partial charge in [-0.1, -0.05) is 57.9 Å². The summed E-state index contributed by atoms with van der Waals surface area (Å²) in [5.41, 5.74) is 1.27. The first-order chi connectivity index (χ1) is 16.8. The Labute approximate surface area is 219 Å². The molecule has 35 heavy (non-hydrogen) atoms. The molecule has 1 saturated heterocycles. The molecule has 3 aromatic rings. The summed E-state index contributed by atoms with van der Waals surface area (Å²) < 4.78 is 6.40. The van der Waals surface area contributed by atoms with Crippen molar-refractivity contribution in [2.24, 2.45) is 0 Å². The lowest BCUT2D eigenvalue weighted by atomic mass is 10.1. The predicted octanol–water partition coefficient (Wildman–Crippen LogP) is 4.95. The molecule has 3 amide bonds.